The molecule has 1 aromatic rings. The highest BCUT2D eigenvalue weighted by atomic mass is 16.5. The maximum absolute atomic E-state index is 4.76. The van der Waals surface area contributed by atoms with Gasteiger partial charge >= 0.3 is 0 Å². The highest BCUT2D eigenvalue weighted by Crippen LogP contribution is 2.17. The van der Waals surface area contributed by atoms with Gasteiger partial charge in [0.05, 0.1) is 0 Å². The van der Waals surface area contributed by atoms with Crippen LogP contribution >= 0.6 is 0 Å². The Kier molecular flexibility index (Phi) is 2.30. The molecule has 0 bridgehead atoms. The number of nitrogens with zero attached hydrogens (tertiary/aromatic N) is 2. The number of anilines is 1. The first-order valence-corrected chi connectivity index (χ1v) is 4.54. The van der Waals surface area contributed by atoms with Crippen LogP contribution < -0.4 is 4.90 Å². The summed E-state index contributed by atoms with van der Waals surface area (Å²) in [6.45, 7) is 2.25. The van der Waals surface area contributed by atoms with Gasteiger partial charge in [0.25, 0.3) is 0 Å². The smallest absolute Gasteiger partial charge is 0.161 e. The quantitative estimate of drug-likeness (QED) is 0.636. The lowest BCUT2D eigenvalue weighted by molar-refractivity contribution is 0.418. The summed E-state index contributed by atoms with van der Waals surface area (Å²) in [7, 11) is 0. The van der Waals surface area contributed by atoms with E-state index in [4.69, 9.17) is 4.52 Å². The Morgan fingerprint density at radius 1 is 1.25 bits per heavy atom. The second kappa shape index (κ2) is 3.61. The molecule has 0 atom stereocenters. The molecule has 0 saturated carbocycles. The van der Waals surface area contributed by atoms with Crippen molar-refractivity contribution in [3.63, 3.8) is 0 Å². The molecule has 1 fully saturated rings. The van der Waals surface area contributed by atoms with Gasteiger partial charge < -0.3 is 9.42 Å². The van der Waals surface area contributed by atoms with Gasteiger partial charge in [-0.05, 0) is 12.8 Å². The van der Waals surface area contributed by atoms with Gasteiger partial charge in [-0.1, -0.05) is 18.0 Å². The van der Waals surface area contributed by atoms with Crippen molar-refractivity contribution in [1.29, 1.82) is 0 Å². The Bertz CT molecular complexity index is 212. The molecule has 1 aliphatic rings. The minimum Gasteiger partial charge on any atom is -0.367 e. The second-order valence-electron chi connectivity index (χ2n) is 3.21. The molecule has 2 heterocycles. The van der Waals surface area contributed by atoms with Crippen LogP contribution in [0.2, 0.25) is 0 Å². The van der Waals surface area contributed by atoms with Crippen LogP contribution in [0.5, 0.6) is 0 Å². The molecular formula is C9H13N2O. The zero-order valence-corrected chi connectivity index (χ0v) is 7.12. The van der Waals surface area contributed by atoms with E-state index in [1.54, 1.807) is 6.26 Å². The van der Waals surface area contributed by atoms with Gasteiger partial charge in [-0.25, -0.2) is 0 Å². The summed E-state index contributed by atoms with van der Waals surface area (Å²) in [5.41, 5.74) is 1.01. The molecule has 3 nitrogen and oxygen atoms in total. The lowest BCUT2D eigenvalue weighted by atomic mass is 10.2. The SMILES string of the molecule is [c]1nocc1N1CCCCCC1. The van der Waals surface area contributed by atoms with E-state index < -0.39 is 0 Å². The molecule has 0 spiro atoms. The molecule has 0 aromatic carbocycles. The van der Waals surface area contributed by atoms with Crippen LogP contribution in [0.3, 0.4) is 0 Å². The zero-order chi connectivity index (χ0) is 8.23. The van der Waals surface area contributed by atoms with Crippen LogP contribution in [0, 0.1) is 6.20 Å². The zero-order valence-electron chi connectivity index (χ0n) is 7.12. The summed E-state index contributed by atoms with van der Waals surface area (Å²) in [4.78, 5) is 2.30. The maximum atomic E-state index is 4.76. The highest BCUT2D eigenvalue weighted by molar-refractivity contribution is 5.39. The third-order valence-corrected chi connectivity index (χ3v) is 2.32. The fraction of sp³-hybridized carbons (Fsp3) is 0.667. The summed E-state index contributed by atoms with van der Waals surface area (Å²) < 4.78 is 4.76. The van der Waals surface area contributed by atoms with Gasteiger partial charge in [-0.2, -0.15) is 0 Å². The van der Waals surface area contributed by atoms with Crippen molar-refractivity contribution in [2.45, 2.75) is 25.7 Å². The number of hydrogen-bond donors (Lipinski definition) is 0. The van der Waals surface area contributed by atoms with Crippen LogP contribution in [0.15, 0.2) is 10.8 Å². The molecule has 1 aromatic heterocycles. The van der Waals surface area contributed by atoms with Gasteiger partial charge in [0.2, 0.25) is 0 Å². The average Bonchev–Trinajstić information content (AvgIpc) is 2.48. The van der Waals surface area contributed by atoms with Crippen LogP contribution in [0.1, 0.15) is 25.7 Å². The molecule has 0 aliphatic carbocycles. The van der Waals surface area contributed by atoms with Crippen molar-refractivity contribution in [1.82, 2.24) is 5.16 Å². The van der Waals surface area contributed by atoms with Crippen molar-refractivity contribution in [3.8, 4) is 0 Å². The summed E-state index contributed by atoms with van der Waals surface area (Å²) >= 11 is 0. The minimum absolute atomic E-state index is 1.01. The van der Waals surface area contributed by atoms with Crippen molar-refractivity contribution in [3.05, 3.63) is 12.5 Å². The highest BCUT2D eigenvalue weighted by Gasteiger charge is 2.10. The topological polar surface area (TPSA) is 29.3 Å². The van der Waals surface area contributed by atoms with E-state index in [1.807, 2.05) is 0 Å². The first-order chi connectivity index (χ1) is 5.97. The molecular weight excluding hydrogens is 152 g/mol. The number of rotatable bonds is 1. The molecule has 1 aliphatic heterocycles. The number of hydrogen-bond acceptors (Lipinski definition) is 3. The minimum atomic E-state index is 1.01. The Balaban J connectivity index is 2.02. The molecule has 0 N–H and O–H groups in total. The third-order valence-electron chi connectivity index (χ3n) is 2.32. The molecule has 0 unspecified atom stereocenters. The Morgan fingerprint density at radius 3 is 2.58 bits per heavy atom. The predicted molar refractivity (Wildman–Crippen MR) is 46.0 cm³/mol. The molecule has 1 radical (unpaired) electrons. The van der Waals surface area contributed by atoms with Crippen LogP contribution in [0.4, 0.5) is 5.69 Å². The first-order valence-electron chi connectivity index (χ1n) is 4.54. The van der Waals surface area contributed by atoms with E-state index in [2.05, 4.69) is 16.3 Å². The monoisotopic (exact) mass is 165 g/mol. The summed E-state index contributed by atoms with van der Waals surface area (Å²) in [6, 6.07) is 0. The summed E-state index contributed by atoms with van der Waals surface area (Å²) in [5.74, 6) is 0. The molecule has 1 saturated heterocycles. The van der Waals surface area contributed by atoms with E-state index >= 15 is 0 Å². The van der Waals surface area contributed by atoms with E-state index in [0.717, 1.165) is 18.8 Å². The van der Waals surface area contributed by atoms with Gasteiger partial charge in [0.1, 0.15) is 12.0 Å². The van der Waals surface area contributed by atoms with Gasteiger partial charge in [0, 0.05) is 13.1 Å². The van der Waals surface area contributed by atoms with Crippen LogP contribution in [-0.4, -0.2) is 18.2 Å². The third kappa shape index (κ3) is 1.60. The second-order valence-corrected chi connectivity index (χ2v) is 3.21. The van der Waals surface area contributed by atoms with Crippen LogP contribution in [0.25, 0.3) is 0 Å². The van der Waals surface area contributed by atoms with Gasteiger partial charge in [-0.3, -0.25) is 0 Å². The standard InChI is InChI=1S/C9H13N2O/c1-2-4-6-11(5-3-1)9-7-10-12-8-9/h8H,1-6H2. The summed E-state index contributed by atoms with van der Waals surface area (Å²) in [6.07, 6.45) is 9.77. The fourth-order valence-corrected chi connectivity index (χ4v) is 1.63. The maximum Gasteiger partial charge on any atom is 0.161 e. The van der Waals surface area contributed by atoms with Gasteiger partial charge in [-0.15, -0.1) is 0 Å². The van der Waals surface area contributed by atoms with Crippen molar-refractivity contribution in [2.24, 2.45) is 0 Å². The fourth-order valence-electron chi connectivity index (χ4n) is 1.63. The molecule has 0 amide bonds. The Labute approximate surface area is 72.3 Å². The molecule has 65 valence electrons. The largest absolute Gasteiger partial charge is 0.367 e. The lowest BCUT2D eigenvalue weighted by Crippen LogP contribution is -2.23. The van der Waals surface area contributed by atoms with Crippen LogP contribution in [-0.2, 0) is 0 Å². The Hall–Kier alpha value is -0.990. The van der Waals surface area contributed by atoms with E-state index in [-0.39, 0.29) is 0 Å². The summed E-state index contributed by atoms with van der Waals surface area (Å²) in [5, 5.41) is 3.59. The molecule has 3 heteroatoms. The van der Waals surface area contributed by atoms with Crippen molar-refractivity contribution < 1.29 is 4.52 Å². The number of aromatic nitrogens is 1. The van der Waals surface area contributed by atoms with E-state index in [1.165, 1.54) is 25.7 Å². The van der Waals surface area contributed by atoms with E-state index in [0.29, 0.717) is 0 Å². The van der Waals surface area contributed by atoms with Crippen molar-refractivity contribution in [2.75, 3.05) is 18.0 Å². The first kappa shape index (κ1) is 7.65. The molecule has 2 rings (SSSR count). The predicted octanol–water partition coefficient (Wildman–Crippen LogP) is 1.86. The molecule has 12 heavy (non-hydrogen) atoms. The normalized spacial score (nSPS) is 19.2. The van der Waals surface area contributed by atoms with Crippen molar-refractivity contribution >= 4 is 5.69 Å². The average molecular weight is 165 g/mol. The van der Waals surface area contributed by atoms with E-state index in [9.17, 15) is 0 Å². The van der Waals surface area contributed by atoms with Gasteiger partial charge in [0.15, 0.2) is 6.20 Å². The lowest BCUT2D eigenvalue weighted by Gasteiger charge is -2.18. The Morgan fingerprint density at radius 2 is 2.00 bits per heavy atom.